The summed E-state index contributed by atoms with van der Waals surface area (Å²) in [4.78, 5) is 11.5. The summed E-state index contributed by atoms with van der Waals surface area (Å²) in [6.45, 7) is 6.05. The number of carbonyl (C=O) groups excluding carboxylic acids is 1. The van der Waals surface area contributed by atoms with Gasteiger partial charge in [0.2, 0.25) is 5.91 Å². The van der Waals surface area contributed by atoms with Crippen LogP contribution in [0.2, 0.25) is 0 Å². The number of hydrogen-bond acceptors (Lipinski definition) is 2. The summed E-state index contributed by atoms with van der Waals surface area (Å²) in [5.41, 5.74) is 0.821. The predicted octanol–water partition coefficient (Wildman–Crippen LogP) is 3.60. The largest absolute Gasteiger partial charge is 0.491 e. The van der Waals surface area contributed by atoms with Gasteiger partial charge < -0.3 is 10.1 Å². The van der Waals surface area contributed by atoms with Crippen molar-refractivity contribution in [1.82, 2.24) is 0 Å². The first-order valence-electron chi connectivity index (χ1n) is 6.18. The first-order chi connectivity index (χ1) is 8.11. The van der Waals surface area contributed by atoms with Gasteiger partial charge in [-0.3, -0.25) is 4.79 Å². The monoisotopic (exact) mass is 235 g/mol. The van der Waals surface area contributed by atoms with Gasteiger partial charge >= 0.3 is 0 Å². The van der Waals surface area contributed by atoms with E-state index in [0.29, 0.717) is 6.42 Å². The Balaban J connectivity index is 2.47. The van der Waals surface area contributed by atoms with Gasteiger partial charge in [0.05, 0.1) is 6.10 Å². The molecule has 94 valence electrons. The second-order valence-corrected chi connectivity index (χ2v) is 4.34. The minimum Gasteiger partial charge on any atom is -0.491 e. The number of amides is 1. The number of anilines is 1. The average molecular weight is 235 g/mol. The van der Waals surface area contributed by atoms with Gasteiger partial charge in [-0.15, -0.1) is 0 Å². The molecule has 0 bridgehead atoms. The summed E-state index contributed by atoms with van der Waals surface area (Å²) < 4.78 is 5.53. The molecule has 0 saturated carbocycles. The molecule has 0 aliphatic carbocycles. The first-order valence-corrected chi connectivity index (χ1v) is 6.18. The van der Waals surface area contributed by atoms with E-state index >= 15 is 0 Å². The van der Waals surface area contributed by atoms with Crippen LogP contribution in [0.5, 0.6) is 5.75 Å². The predicted molar refractivity (Wildman–Crippen MR) is 70.4 cm³/mol. The van der Waals surface area contributed by atoms with Crippen molar-refractivity contribution in [3.63, 3.8) is 0 Å². The molecule has 1 amide bonds. The van der Waals surface area contributed by atoms with Crippen molar-refractivity contribution in [1.29, 1.82) is 0 Å². The molecule has 0 saturated heterocycles. The van der Waals surface area contributed by atoms with Crippen LogP contribution in [0.1, 0.15) is 40.0 Å². The minimum atomic E-state index is 0.0735. The van der Waals surface area contributed by atoms with Gasteiger partial charge in [-0.25, -0.2) is 0 Å². The summed E-state index contributed by atoms with van der Waals surface area (Å²) in [5, 5.41) is 2.86. The zero-order valence-corrected chi connectivity index (χ0v) is 10.8. The quantitative estimate of drug-likeness (QED) is 0.818. The van der Waals surface area contributed by atoms with E-state index in [1.165, 1.54) is 0 Å². The molecule has 0 aliphatic rings. The molecule has 0 heterocycles. The standard InChI is InChI=1S/C14H21NO2/c1-4-5-6-14(16)15-12-7-9-13(10-8-12)17-11(2)3/h7-11H,4-6H2,1-3H3,(H,15,16). The van der Waals surface area contributed by atoms with Gasteiger partial charge in [0.15, 0.2) is 0 Å². The lowest BCUT2D eigenvalue weighted by Crippen LogP contribution is -2.11. The third-order valence-corrected chi connectivity index (χ3v) is 2.27. The van der Waals surface area contributed by atoms with Crippen LogP contribution in [0.25, 0.3) is 0 Å². The maximum absolute atomic E-state index is 11.5. The third-order valence-electron chi connectivity index (χ3n) is 2.27. The number of nitrogens with one attached hydrogen (secondary N) is 1. The van der Waals surface area contributed by atoms with Gasteiger partial charge in [0.1, 0.15) is 5.75 Å². The summed E-state index contributed by atoms with van der Waals surface area (Å²) in [7, 11) is 0. The van der Waals surface area contributed by atoms with Crippen LogP contribution >= 0.6 is 0 Å². The Labute approximate surface area is 103 Å². The third kappa shape index (κ3) is 5.38. The molecule has 3 nitrogen and oxygen atoms in total. The minimum absolute atomic E-state index is 0.0735. The van der Waals surface area contributed by atoms with E-state index in [4.69, 9.17) is 4.74 Å². The molecule has 3 heteroatoms. The van der Waals surface area contributed by atoms with Crippen molar-refractivity contribution < 1.29 is 9.53 Å². The fraction of sp³-hybridized carbons (Fsp3) is 0.500. The average Bonchev–Trinajstić information content (AvgIpc) is 2.28. The van der Waals surface area contributed by atoms with Gasteiger partial charge in [0, 0.05) is 12.1 Å². The Morgan fingerprint density at radius 3 is 2.47 bits per heavy atom. The zero-order chi connectivity index (χ0) is 12.7. The normalized spacial score (nSPS) is 10.4. The number of carbonyl (C=O) groups is 1. The fourth-order valence-electron chi connectivity index (χ4n) is 1.45. The second-order valence-electron chi connectivity index (χ2n) is 4.34. The Kier molecular flexibility index (Phi) is 5.53. The van der Waals surface area contributed by atoms with Crippen molar-refractivity contribution >= 4 is 11.6 Å². The van der Waals surface area contributed by atoms with Crippen molar-refractivity contribution in [2.24, 2.45) is 0 Å². The molecule has 0 fully saturated rings. The van der Waals surface area contributed by atoms with E-state index in [1.807, 2.05) is 38.1 Å². The molecule has 1 rings (SSSR count). The number of benzene rings is 1. The Morgan fingerprint density at radius 2 is 1.94 bits per heavy atom. The van der Waals surface area contributed by atoms with Crippen LogP contribution in [0.4, 0.5) is 5.69 Å². The highest BCUT2D eigenvalue weighted by molar-refractivity contribution is 5.90. The summed E-state index contributed by atoms with van der Waals surface area (Å²) in [6.07, 6.45) is 2.72. The molecular weight excluding hydrogens is 214 g/mol. The van der Waals surface area contributed by atoms with E-state index in [-0.39, 0.29) is 12.0 Å². The number of unbranched alkanes of at least 4 members (excludes halogenated alkanes) is 1. The van der Waals surface area contributed by atoms with Crippen molar-refractivity contribution in [3.05, 3.63) is 24.3 Å². The second kappa shape index (κ2) is 6.94. The molecule has 1 aromatic rings. The molecule has 17 heavy (non-hydrogen) atoms. The smallest absolute Gasteiger partial charge is 0.224 e. The molecule has 0 aliphatic heterocycles. The van der Waals surface area contributed by atoms with Crippen molar-refractivity contribution in [3.8, 4) is 5.75 Å². The van der Waals surface area contributed by atoms with E-state index in [0.717, 1.165) is 24.3 Å². The lowest BCUT2D eigenvalue weighted by molar-refractivity contribution is -0.116. The van der Waals surface area contributed by atoms with Gasteiger partial charge in [-0.2, -0.15) is 0 Å². The van der Waals surface area contributed by atoms with Crippen LogP contribution in [0, 0.1) is 0 Å². The summed E-state index contributed by atoms with van der Waals surface area (Å²) >= 11 is 0. The maximum Gasteiger partial charge on any atom is 0.224 e. The van der Waals surface area contributed by atoms with Crippen molar-refractivity contribution in [2.75, 3.05) is 5.32 Å². The van der Waals surface area contributed by atoms with E-state index in [9.17, 15) is 4.79 Å². The lowest BCUT2D eigenvalue weighted by atomic mass is 10.2. The van der Waals surface area contributed by atoms with Gasteiger partial charge in [-0.1, -0.05) is 13.3 Å². The van der Waals surface area contributed by atoms with Crippen molar-refractivity contribution in [2.45, 2.75) is 46.1 Å². The number of ether oxygens (including phenoxy) is 1. The molecular formula is C14H21NO2. The topological polar surface area (TPSA) is 38.3 Å². The van der Waals surface area contributed by atoms with E-state index in [2.05, 4.69) is 12.2 Å². The molecule has 0 atom stereocenters. The number of hydrogen-bond donors (Lipinski definition) is 1. The van der Waals surface area contributed by atoms with Crippen LogP contribution in [0.15, 0.2) is 24.3 Å². The lowest BCUT2D eigenvalue weighted by Gasteiger charge is -2.10. The molecule has 1 aromatic carbocycles. The Hall–Kier alpha value is -1.51. The molecule has 0 radical (unpaired) electrons. The highest BCUT2D eigenvalue weighted by Crippen LogP contribution is 2.17. The molecule has 0 aromatic heterocycles. The first kappa shape index (κ1) is 13.6. The maximum atomic E-state index is 11.5. The van der Waals surface area contributed by atoms with Crippen LogP contribution in [-0.4, -0.2) is 12.0 Å². The van der Waals surface area contributed by atoms with Gasteiger partial charge in [-0.05, 0) is 44.5 Å². The van der Waals surface area contributed by atoms with E-state index < -0.39 is 0 Å². The highest BCUT2D eigenvalue weighted by Gasteiger charge is 2.02. The van der Waals surface area contributed by atoms with Crippen LogP contribution in [0.3, 0.4) is 0 Å². The Morgan fingerprint density at radius 1 is 1.29 bits per heavy atom. The Bertz CT molecular complexity index is 344. The van der Waals surface area contributed by atoms with Crippen LogP contribution < -0.4 is 10.1 Å². The zero-order valence-electron chi connectivity index (χ0n) is 10.8. The van der Waals surface area contributed by atoms with E-state index in [1.54, 1.807) is 0 Å². The molecule has 1 N–H and O–H groups in total. The summed E-state index contributed by atoms with van der Waals surface area (Å²) in [5.74, 6) is 0.899. The molecule has 0 unspecified atom stereocenters. The number of rotatable bonds is 6. The molecule has 0 spiro atoms. The summed E-state index contributed by atoms with van der Waals surface area (Å²) in [6, 6.07) is 7.47. The van der Waals surface area contributed by atoms with Crippen LogP contribution in [-0.2, 0) is 4.79 Å². The SMILES string of the molecule is CCCCC(=O)Nc1ccc(OC(C)C)cc1. The fourth-order valence-corrected chi connectivity index (χ4v) is 1.45. The highest BCUT2D eigenvalue weighted by atomic mass is 16.5. The van der Waals surface area contributed by atoms with Gasteiger partial charge in [0.25, 0.3) is 0 Å².